The molecule has 172 valence electrons. The second kappa shape index (κ2) is 9.48. The number of anilines is 1. The quantitative estimate of drug-likeness (QED) is 0.554. The number of fused-ring (bicyclic) bond motifs is 3. The van der Waals surface area contributed by atoms with Crippen LogP contribution >= 0.6 is 0 Å². The van der Waals surface area contributed by atoms with Gasteiger partial charge in [-0.1, -0.05) is 30.3 Å². The third-order valence-electron chi connectivity index (χ3n) is 5.79. The summed E-state index contributed by atoms with van der Waals surface area (Å²) in [5, 5.41) is 12.8. The van der Waals surface area contributed by atoms with Gasteiger partial charge in [0.15, 0.2) is 0 Å². The standard InChI is InChI=1S/C23H28N2O6S/c1-32(28,29)25-16-7-8-20-18(11-16)19-12-17(30-21(14-26)23(19)31-20)13-22(27)24-10-9-15-5-3-2-4-6-15/h2-8,11,17,19,21,23,25-26H,9-10,12-14H2,1H3,(H,24,27)/t17-,19-,21-,23+/m0/s1. The van der Waals surface area contributed by atoms with Crippen molar-refractivity contribution in [3.05, 3.63) is 59.7 Å². The minimum absolute atomic E-state index is 0.0978. The molecule has 0 aliphatic carbocycles. The summed E-state index contributed by atoms with van der Waals surface area (Å²) in [4.78, 5) is 12.5. The zero-order chi connectivity index (χ0) is 22.7. The molecular weight excluding hydrogens is 432 g/mol. The average molecular weight is 461 g/mol. The molecule has 0 saturated carbocycles. The van der Waals surface area contributed by atoms with Crippen molar-refractivity contribution in [3.8, 4) is 5.75 Å². The summed E-state index contributed by atoms with van der Waals surface area (Å²) in [6.07, 6.45) is 1.27. The molecule has 0 radical (unpaired) electrons. The minimum atomic E-state index is -3.40. The second-order valence-electron chi connectivity index (χ2n) is 8.32. The highest BCUT2D eigenvalue weighted by atomic mass is 32.2. The topological polar surface area (TPSA) is 114 Å². The second-order valence-corrected chi connectivity index (χ2v) is 10.1. The van der Waals surface area contributed by atoms with Gasteiger partial charge in [0.1, 0.15) is 18.0 Å². The molecule has 0 aromatic heterocycles. The Hall–Kier alpha value is -2.62. The summed E-state index contributed by atoms with van der Waals surface area (Å²) in [7, 11) is -3.40. The maximum atomic E-state index is 12.5. The summed E-state index contributed by atoms with van der Waals surface area (Å²) >= 11 is 0. The lowest BCUT2D eigenvalue weighted by molar-refractivity contribution is -0.142. The number of aliphatic hydroxyl groups excluding tert-OH is 1. The molecule has 2 aromatic carbocycles. The first-order valence-corrected chi connectivity index (χ1v) is 12.6. The fourth-order valence-corrected chi connectivity index (χ4v) is 4.99. The minimum Gasteiger partial charge on any atom is -0.487 e. The van der Waals surface area contributed by atoms with Crippen LogP contribution in [-0.4, -0.2) is 57.2 Å². The number of hydrogen-bond donors (Lipinski definition) is 3. The highest BCUT2D eigenvalue weighted by molar-refractivity contribution is 7.92. The summed E-state index contributed by atoms with van der Waals surface area (Å²) < 4.78 is 37.7. The van der Waals surface area contributed by atoms with Gasteiger partial charge in [-0.3, -0.25) is 9.52 Å². The van der Waals surface area contributed by atoms with Gasteiger partial charge < -0.3 is 19.9 Å². The van der Waals surface area contributed by atoms with Crippen LogP contribution in [0.5, 0.6) is 5.75 Å². The molecule has 2 heterocycles. The van der Waals surface area contributed by atoms with E-state index in [1.807, 2.05) is 30.3 Å². The fraction of sp³-hybridized carbons (Fsp3) is 0.435. The molecule has 0 spiro atoms. The van der Waals surface area contributed by atoms with Crippen LogP contribution in [-0.2, 0) is 26.0 Å². The van der Waals surface area contributed by atoms with E-state index >= 15 is 0 Å². The van der Waals surface area contributed by atoms with E-state index in [-0.39, 0.29) is 37.1 Å². The Balaban J connectivity index is 1.40. The molecule has 1 amide bonds. The zero-order valence-electron chi connectivity index (χ0n) is 17.9. The number of rotatable bonds is 8. The molecule has 1 saturated heterocycles. The van der Waals surface area contributed by atoms with E-state index in [2.05, 4.69) is 10.0 Å². The first-order valence-electron chi connectivity index (χ1n) is 10.7. The van der Waals surface area contributed by atoms with Gasteiger partial charge in [0.25, 0.3) is 0 Å². The van der Waals surface area contributed by atoms with Gasteiger partial charge in [0.2, 0.25) is 15.9 Å². The molecule has 4 atom stereocenters. The smallest absolute Gasteiger partial charge is 0.229 e. The molecular formula is C23H28N2O6S. The van der Waals surface area contributed by atoms with Gasteiger partial charge in [-0.25, -0.2) is 8.42 Å². The van der Waals surface area contributed by atoms with Crippen molar-refractivity contribution in [2.45, 2.75) is 43.5 Å². The third kappa shape index (κ3) is 5.40. The number of hydrogen-bond acceptors (Lipinski definition) is 6. The molecule has 2 aromatic rings. The normalized spacial score (nSPS) is 24.2. The van der Waals surface area contributed by atoms with Gasteiger partial charge >= 0.3 is 0 Å². The molecule has 0 bridgehead atoms. The molecule has 0 unspecified atom stereocenters. The van der Waals surface area contributed by atoms with Crippen LogP contribution in [0.4, 0.5) is 5.69 Å². The maximum Gasteiger partial charge on any atom is 0.229 e. The van der Waals surface area contributed by atoms with Crippen LogP contribution in [0, 0.1) is 0 Å². The van der Waals surface area contributed by atoms with E-state index in [4.69, 9.17) is 9.47 Å². The molecule has 3 N–H and O–H groups in total. The van der Waals surface area contributed by atoms with Crippen molar-refractivity contribution in [2.75, 3.05) is 24.1 Å². The van der Waals surface area contributed by atoms with Crippen LogP contribution in [0.3, 0.4) is 0 Å². The van der Waals surface area contributed by atoms with Crippen LogP contribution < -0.4 is 14.8 Å². The maximum absolute atomic E-state index is 12.5. The molecule has 9 heteroatoms. The SMILES string of the molecule is CS(=O)(=O)Nc1ccc2c(c1)[C@@H]1C[C@@H](CC(=O)NCCc3ccccc3)O[C@@H](CO)[C@@H]1O2. The van der Waals surface area contributed by atoms with Crippen molar-refractivity contribution in [1.82, 2.24) is 5.32 Å². The Bertz CT molecular complexity index is 1060. The summed E-state index contributed by atoms with van der Waals surface area (Å²) in [6.45, 7) is 0.313. The molecule has 2 aliphatic heterocycles. The largest absolute Gasteiger partial charge is 0.487 e. The van der Waals surface area contributed by atoms with Crippen molar-refractivity contribution in [1.29, 1.82) is 0 Å². The number of carbonyl (C=O) groups excluding carboxylic acids is 1. The number of amides is 1. The average Bonchev–Trinajstić information content (AvgIpc) is 3.11. The van der Waals surface area contributed by atoms with Gasteiger partial charge in [-0.2, -0.15) is 0 Å². The predicted octanol–water partition coefficient (Wildman–Crippen LogP) is 1.80. The fourth-order valence-electron chi connectivity index (χ4n) is 4.44. The Kier molecular flexibility index (Phi) is 6.68. The van der Waals surface area contributed by atoms with Crippen LogP contribution in [0.2, 0.25) is 0 Å². The number of carbonyl (C=O) groups is 1. The van der Waals surface area contributed by atoms with Gasteiger partial charge in [-0.05, 0) is 36.6 Å². The van der Waals surface area contributed by atoms with Gasteiger partial charge in [0.05, 0.1) is 25.4 Å². The van der Waals surface area contributed by atoms with Gasteiger partial charge in [0, 0.05) is 23.7 Å². The highest BCUT2D eigenvalue weighted by Crippen LogP contribution is 2.47. The number of aliphatic hydroxyl groups is 1. The Morgan fingerprint density at radius 1 is 1.19 bits per heavy atom. The lowest BCUT2D eigenvalue weighted by Gasteiger charge is -2.37. The molecule has 2 aliphatic rings. The third-order valence-corrected chi connectivity index (χ3v) is 6.40. The predicted molar refractivity (Wildman–Crippen MR) is 120 cm³/mol. The number of benzene rings is 2. The molecule has 4 rings (SSSR count). The Labute approximate surface area is 188 Å². The molecule has 32 heavy (non-hydrogen) atoms. The Morgan fingerprint density at radius 3 is 2.69 bits per heavy atom. The summed E-state index contributed by atoms with van der Waals surface area (Å²) in [6, 6.07) is 15.1. The Morgan fingerprint density at radius 2 is 1.97 bits per heavy atom. The molecule has 1 fully saturated rings. The number of ether oxygens (including phenoxy) is 2. The van der Waals surface area contributed by atoms with E-state index in [1.165, 1.54) is 0 Å². The van der Waals surface area contributed by atoms with Crippen molar-refractivity contribution < 1.29 is 27.8 Å². The van der Waals surface area contributed by atoms with Crippen LogP contribution in [0.1, 0.15) is 29.9 Å². The van der Waals surface area contributed by atoms with Crippen molar-refractivity contribution >= 4 is 21.6 Å². The van der Waals surface area contributed by atoms with E-state index < -0.39 is 16.1 Å². The lowest BCUT2D eigenvalue weighted by Crippen LogP contribution is -2.47. The van der Waals surface area contributed by atoms with E-state index in [0.717, 1.165) is 23.8 Å². The van der Waals surface area contributed by atoms with E-state index in [1.54, 1.807) is 18.2 Å². The van der Waals surface area contributed by atoms with E-state index in [0.29, 0.717) is 24.4 Å². The first kappa shape index (κ1) is 22.6. The summed E-state index contributed by atoms with van der Waals surface area (Å²) in [5.41, 5.74) is 2.47. The van der Waals surface area contributed by atoms with Crippen LogP contribution in [0.15, 0.2) is 48.5 Å². The van der Waals surface area contributed by atoms with Crippen molar-refractivity contribution in [2.24, 2.45) is 0 Å². The lowest BCUT2D eigenvalue weighted by atomic mass is 9.84. The van der Waals surface area contributed by atoms with Crippen molar-refractivity contribution in [3.63, 3.8) is 0 Å². The van der Waals surface area contributed by atoms with Gasteiger partial charge in [-0.15, -0.1) is 0 Å². The monoisotopic (exact) mass is 460 g/mol. The first-order chi connectivity index (χ1) is 15.3. The van der Waals surface area contributed by atoms with E-state index in [9.17, 15) is 18.3 Å². The summed E-state index contributed by atoms with van der Waals surface area (Å²) in [5.74, 6) is 0.445. The zero-order valence-corrected chi connectivity index (χ0v) is 18.7. The molecule has 8 nitrogen and oxygen atoms in total. The number of sulfonamides is 1. The highest BCUT2D eigenvalue weighted by Gasteiger charge is 2.46. The van der Waals surface area contributed by atoms with Crippen LogP contribution in [0.25, 0.3) is 0 Å². The number of nitrogens with one attached hydrogen (secondary N) is 2.